The van der Waals surface area contributed by atoms with Crippen molar-refractivity contribution in [2.45, 2.75) is 18.6 Å². The maximum absolute atomic E-state index is 12.8. The van der Waals surface area contributed by atoms with Crippen molar-refractivity contribution in [2.24, 2.45) is 5.92 Å². The van der Waals surface area contributed by atoms with Gasteiger partial charge in [0, 0.05) is 39.6 Å². The second-order valence-electron chi connectivity index (χ2n) is 6.46. The van der Waals surface area contributed by atoms with E-state index in [9.17, 15) is 22.8 Å². The molecule has 1 N–H and O–H groups in total. The van der Waals surface area contributed by atoms with Gasteiger partial charge in [0.2, 0.25) is 11.8 Å². The van der Waals surface area contributed by atoms with E-state index in [1.165, 1.54) is 17.0 Å². The van der Waals surface area contributed by atoms with Crippen LogP contribution < -0.4 is 5.32 Å². The highest BCUT2D eigenvalue weighted by molar-refractivity contribution is 5.90. The first kappa shape index (κ1) is 17.7. The summed E-state index contributed by atoms with van der Waals surface area (Å²) in [6.07, 6.45) is -4.32. The summed E-state index contributed by atoms with van der Waals surface area (Å²) >= 11 is 0. The molecule has 0 saturated carbocycles. The Morgan fingerprint density at radius 2 is 1.76 bits per heavy atom. The first-order valence-electron chi connectivity index (χ1n) is 8.21. The number of likely N-dealkylation sites (tertiary alicyclic amines) is 1. The van der Waals surface area contributed by atoms with Gasteiger partial charge in [0.1, 0.15) is 0 Å². The highest BCUT2D eigenvalue weighted by Gasteiger charge is 2.44. The van der Waals surface area contributed by atoms with E-state index in [1.807, 2.05) is 0 Å². The molecule has 3 rings (SSSR count). The zero-order chi connectivity index (χ0) is 18.2. The van der Waals surface area contributed by atoms with Crippen molar-refractivity contribution in [3.63, 3.8) is 0 Å². The van der Waals surface area contributed by atoms with Crippen LogP contribution >= 0.6 is 0 Å². The fourth-order valence-electron chi connectivity index (χ4n) is 3.54. The van der Waals surface area contributed by atoms with Crippen LogP contribution in [0, 0.1) is 5.92 Å². The van der Waals surface area contributed by atoms with Crippen molar-refractivity contribution < 1.29 is 22.8 Å². The number of carbonyl (C=O) groups is 2. The molecule has 2 aliphatic rings. The number of hydrogen-bond donors (Lipinski definition) is 1. The van der Waals surface area contributed by atoms with Crippen LogP contribution in [0.25, 0.3) is 0 Å². The van der Waals surface area contributed by atoms with Gasteiger partial charge in [-0.15, -0.1) is 0 Å². The molecular weight excluding hydrogens is 335 g/mol. The van der Waals surface area contributed by atoms with E-state index >= 15 is 0 Å². The lowest BCUT2D eigenvalue weighted by Gasteiger charge is -2.32. The molecule has 0 bridgehead atoms. The van der Waals surface area contributed by atoms with Gasteiger partial charge in [0.25, 0.3) is 0 Å². The van der Waals surface area contributed by atoms with Gasteiger partial charge in [-0.3, -0.25) is 9.59 Å². The smallest absolute Gasteiger partial charge is 0.340 e. The number of carbonyl (C=O) groups excluding carboxylic acids is 2. The average molecular weight is 355 g/mol. The average Bonchev–Trinajstić information content (AvgIpc) is 2.89. The quantitative estimate of drug-likeness (QED) is 0.878. The van der Waals surface area contributed by atoms with Crippen molar-refractivity contribution in [1.29, 1.82) is 0 Å². The maximum atomic E-state index is 12.8. The van der Waals surface area contributed by atoms with E-state index in [-0.39, 0.29) is 18.2 Å². The van der Waals surface area contributed by atoms with E-state index in [0.29, 0.717) is 31.7 Å². The van der Waals surface area contributed by atoms with E-state index in [1.54, 1.807) is 11.9 Å². The Kier molecular flexibility index (Phi) is 4.73. The van der Waals surface area contributed by atoms with Crippen LogP contribution in [0.1, 0.15) is 23.6 Å². The molecule has 2 atom stereocenters. The molecule has 2 aliphatic heterocycles. The van der Waals surface area contributed by atoms with Gasteiger partial charge in [-0.2, -0.15) is 13.2 Å². The Bertz CT molecular complexity index is 654. The molecule has 2 fully saturated rings. The van der Waals surface area contributed by atoms with Gasteiger partial charge in [-0.1, -0.05) is 12.1 Å². The lowest BCUT2D eigenvalue weighted by molar-refractivity contribution is -0.138. The molecule has 136 valence electrons. The molecule has 8 heteroatoms. The van der Waals surface area contributed by atoms with Gasteiger partial charge in [-0.05, 0) is 17.7 Å². The Balaban J connectivity index is 1.86. The summed E-state index contributed by atoms with van der Waals surface area (Å²) in [5.41, 5.74) is -0.192. The van der Waals surface area contributed by atoms with Crippen LogP contribution in [-0.2, 0) is 15.8 Å². The molecule has 0 aromatic heterocycles. The van der Waals surface area contributed by atoms with Crippen molar-refractivity contribution in [3.05, 3.63) is 35.4 Å². The minimum atomic E-state index is -4.41. The molecule has 1 aromatic carbocycles. The standard InChI is InChI=1S/C17H20F3N3O2/c1-22-14(24)10-13(16(25)23-8-6-21-7-9-23)15(22)11-2-4-12(5-3-11)17(18,19)20/h2-5,13,15,21H,6-10H2,1H3/t13-,15+/m1/s1. The van der Waals surface area contributed by atoms with Gasteiger partial charge in [0.15, 0.2) is 0 Å². The molecule has 2 heterocycles. The topological polar surface area (TPSA) is 52.7 Å². The summed E-state index contributed by atoms with van der Waals surface area (Å²) in [5.74, 6) is -0.838. The van der Waals surface area contributed by atoms with Crippen LogP contribution in [-0.4, -0.2) is 54.8 Å². The number of piperazine rings is 1. The van der Waals surface area contributed by atoms with Gasteiger partial charge < -0.3 is 15.1 Å². The summed E-state index contributed by atoms with van der Waals surface area (Å²) in [7, 11) is 1.59. The minimum absolute atomic E-state index is 0.0882. The van der Waals surface area contributed by atoms with Crippen molar-refractivity contribution in [3.8, 4) is 0 Å². The molecule has 25 heavy (non-hydrogen) atoms. The molecule has 2 saturated heterocycles. The number of alkyl halides is 3. The van der Waals surface area contributed by atoms with Gasteiger partial charge >= 0.3 is 6.18 Å². The Labute approximate surface area is 143 Å². The molecule has 0 aliphatic carbocycles. The second-order valence-corrected chi connectivity index (χ2v) is 6.46. The molecule has 2 amide bonds. The highest BCUT2D eigenvalue weighted by atomic mass is 19.4. The monoisotopic (exact) mass is 355 g/mol. The summed E-state index contributed by atoms with van der Waals surface area (Å²) < 4.78 is 38.3. The predicted molar refractivity (Wildman–Crippen MR) is 84.5 cm³/mol. The van der Waals surface area contributed by atoms with E-state index in [2.05, 4.69) is 5.32 Å². The molecule has 1 aromatic rings. The molecule has 5 nitrogen and oxygen atoms in total. The second kappa shape index (κ2) is 6.67. The third kappa shape index (κ3) is 3.49. The normalized spacial score (nSPS) is 24.7. The lowest BCUT2D eigenvalue weighted by Crippen LogP contribution is -2.49. The van der Waals surface area contributed by atoms with Gasteiger partial charge in [-0.25, -0.2) is 0 Å². The number of halogens is 3. The Morgan fingerprint density at radius 3 is 2.32 bits per heavy atom. The number of hydrogen-bond acceptors (Lipinski definition) is 3. The summed E-state index contributed by atoms with van der Waals surface area (Å²) in [6, 6.07) is 4.19. The molecule has 0 spiro atoms. The number of rotatable bonds is 2. The fourth-order valence-corrected chi connectivity index (χ4v) is 3.54. The third-order valence-corrected chi connectivity index (χ3v) is 4.91. The summed E-state index contributed by atoms with van der Waals surface area (Å²) in [5, 5.41) is 3.16. The van der Waals surface area contributed by atoms with Crippen LogP contribution in [0.15, 0.2) is 24.3 Å². The van der Waals surface area contributed by atoms with E-state index in [4.69, 9.17) is 0 Å². The van der Waals surface area contributed by atoms with Crippen LogP contribution in [0.4, 0.5) is 13.2 Å². The largest absolute Gasteiger partial charge is 0.416 e. The fraction of sp³-hybridized carbons (Fsp3) is 0.529. The van der Waals surface area contributed by atoms with Crippen molar-refractivity contribution in [1.82, 2.24) is 15.1 Å². The first-order chi connectivity index (χ1) is 11.8. The Morgan fingerprint density at radius 1 is 1.16 bits per heavy atom. The summed E-state index contributed by atoms with van der Waals surface area (Å²) in [6.45, 7) is 2.56. The van der Waals surface area contributed by atoms with E-state index in [0.717, 1.165) is 12.1 Å². The van der Waals surface area contributed by atoms with Crippen molar-refractivity contribution in [2.75, 3.05) is 33.2 Å². The van der Waals surface area contributed by atoms with Crippen LogP contribution in [0.2, 0.25) is 0 Å². The predicted octanol–water partition coefficient (Wildman–Crippen LogP) is 1.66. The number of benzene rings is 1. The molecule has 0 unspecified atom stereocenters. The highest BCUT2D eigenvalue weighted by Crippen LogP contribution is 2.39. The maximum Gasteiger partial charge on any atom is 0.416 e. The zero-order valence-electron chi connectivity index (χ0n) is 13.8. The van der Waals surface area contributed by atoms with Crippen molar-refractivity contribution >= 4 is 11.8 Å². The summed E-state index contributed by atoms with van der Waals surface area (Å²) in [4.78, 5) is 28.2. The molecule has 0 radical (unpaired) electrons. The number of amides is 2. The number of nitrogens with one attached hydrogen (secondary N) is 1. The Hall–Kier alpha value is -2.09. The SMILES string of the molecule is CN1C(=O)C[C@@H](C(=O)N2CCNCC2)[C@@H]1c1ccc(C(F)(F)F)cc1. The molecular formula is C17H20F3N3O2. The lowest BCUT2D eigenvalue weighted by atomic mass is 9.91. The number of nitrogens with zero attached hydrogens (tertiary/aromatic N) is 2. The minimum Gasteiger partial charge on any atom is -0.340 e. The first-order valence-corrected chi connectivity index (χ1v) is 8.21. The van der Waals surface area contributed by atoms with E-state index < -0.39 is 23.7 Å². The third-order valence-electron chi connectivity index (χ3n) is 4.91. The van der Waals surface area contributed by atoms with Crippen LogP contribution in [0.3, 0.4) is 0 Å². The van der Waals surface area contributed by atoms with Gasteiger partial charge in [0.05, 0.1) is 17.5 Å². The zero-order valence-corrected chi connectivity index (χ0v) is 13.8. The van der Waals surface area contributed by atoms with Crippen LogP contribution in [0.5, 0.6) is 0 Å².